The number of methoxy groups -OCH3 is 1. The van der Waals surface area contributed by atoms with Crippen molar-refractivity contribution in [3.8, 4) is 5.75 Å². The third-order valence-corrected chi connectivity index (χ3v) is 4.24. The normalized spacial score (nSPS) is 13.1. The second kappa shape index (κ2) is 4.63. The Hall–Kier alpha value is -1.52. The van der Waals surface area contributed by atoms with Crippen molar-refractivity contribution in [2.45, 2.75) is 9.79 Å². The molecule has 1 aliphatic rings. The van der Waals surface area contributed by atoms with E-state index in [0.717, 1.165) is 26.9 Å². The summed E-state index contributed by atoms with van der Waals surface area (Å²) in [7, 11) is 1.68. The zero-order valence-electron chi connectivity index (χ0n) is 9.77. The lowest BCUT2D eigenvalue weighted by molar-refractivity contribution is 0.414. The van der Waals surface area contributed by atoms with Gasteiger partial charge in [0, 0.05) is 15.4 Å². The van der Waals surface area contributed by atoms with Gasteiger partial charge in [-0.15, -0.1) is 0 Å². The molecule has 0 unspecified atom stereocenters. The highest BCUT2D eigenvalue weighted by Crippen LogP contribution is 2.40. The Balaban J connectivity index is 2.13. The van der Waals surface area contributed by atoms with Crippen LogP contribution < -0.4 is 10.1 Å². The predicted octanol–water partition coefficient (Wildman–Crippen LogP) is 3.95. The Kier molecular flexibility index (Phi) is 2.97. The van der Waals surface area contributed by atoms with E-state index in [1.165, 1.54) is 4.90 Å². The van der Waals surface area contributed by atoms with Crippen molar-refractivity contribution < 1.29 is 4.74 Å². The van der Waals surface area contributed by atoms with E-state index in [9.17, 15) is 0 Å². The van der Waals surface area contributed by atoms with Gasteiger partial charge in [-0.05, 0) is 24.3 Å². The van der Waals surface area contributed by atoms with E-state index < -0.39 is 0 Å². The highest BCUT2D eigenvalue weighted by Gasteiger charge is 2.17. The lowest BCUT2D eigenvalue weighted by atomic mass is 10.2. The zero-order chi connectivity index (χ0) is 12.5. The Morgan fingerprint density at radius 1 is 1.11 bits per heavy atom. The first-order valence-electron chi connectivity index (χ1n) is 5.54. The molecule has 90 valence electrons. The molecule has 2 nitrogen and oxygen atoms in total. The van der Waals surface area contributed by atoms with Crippen LogP contribution in [0.4, 0.5) is 5.69 Å². The number of thiocarbonyl (C=S) groups is 1. The van der Waals surface area contributed by atoms with Crippen molar-refractivity contribution in [2.75, 3.05) is 12.4 Å². The maximum absolute atomic E-state index is 5.43. The summed E-state index contributed by atoms with van der Waals surface area (Å²) in [6.07, 6.45) is 0. The molecule has 0 bridgehead atoms. The molecular weight excluding hydrogens is 262 g/mol. The number of nitrogens with one attached hydrogen (secondary N) is 1. The van der Waals surface area contributed by atoms with Crippen LogP contribution in [0.5, 0.6) is 5.75 Å². The Bertz CT molecular complexity index is 625. The van der Waals surface area contributed by atoms with Crippen molar-refractivity contribution in [1.29, 1.82) is 0 Å². The van der Waals surface area contributed by atoms with Gasteiger partial charge in [-0.2, -0.15) is 0 Å². The summed E-state index contributed by atoms with van der Waals surface area (Å²) in [5.41, 5.74) is 2.11. The van der Waals surface area contributed by atoms with Gasteiger partial charge in [-0.25, -0.2) is 0 Å². The largest absolute Gasteiger partial charge is 0.497 e. The Morgan fingerprint density at radius 3 is 2.78 bits per heavy atom. The first kappa shape index (κ1) is 11.6. The monoisotopic (exact) mass is 273 g/mol. The molecule has 18 heavy (non-hydrogen) atoms. The van der Waals surface area contributed by atoms with Crippen LogP contribution in [-0.4, -0.2) is 12.1 Å². The van der Waals surface area contributed by atoms with Gasteiger partial charge in [-0.3, -0.25) is 0 Å². The van der Waals surface area contributed by atoms with E-state index in [4.69, 9.17) is 17.0 Å². The third kappa shape index (κ3) is 1.98. The first-order valence-corrected chi connectivity index (χ1v) is 6.76. The van der Waals surface area contributed by atoms with Crippen molar-refractivity contribution in [3.63, 3.8) is 0 Å². The number of hydrogen-bond donors (Lipinski definition) is 1. The molecule has 0 atom stereocenters. The molecule has 1 N–H and O–H groups in total. The minimum atomic E-state index is 0.766. The van der Waals surface area contributed by atoms with Gasteiger partial charge in [0.1, 0.15) is 10.7 Å². The van der Waals surface area contributed by atoms with Gasteiger partial charge in [0.2, 0.25) is 0 Å². The van der Waals surface area contributed by atoms with Crippen LogP contribution >= 0.6 is 24.0 Å². The maximum atomic E-state index is 5.43. The van der Waals surface area contributed by atoms with E-state index in [0.29, 0.717) is 0 Å². The van der Waals surface area contributed by atoms with Gasteiger partial charge in [0.05, 0.1) is 12.8 Å². The first-order chi connectivity index (χ1) is 8.78. The summed E-state index contributed by atoms with van der Waals surface area (Å²) >= 11 is 7.14. The molecule has 2 aromatic rings. The molecule has 2 aromatic carbocycles. The van der Waals surface area contributed by atoms with E-state index in [2.05, 4.69) is 11.4 Å². The van der Waals surface area contributed by atoms with Crippen LogP contribution in [0.1, 0.15) is 5.56 Å². The molecule has 0 amide bonds. The molecule has 1 aliphatic heterocycles. The number of rotatable bonds is 1. The second-order valence-electron chi connectivity index (χ2n) is 3.91. The highest BCUT2D eigenvalue weighted by molar-refractivity contribution is 7.99. The van der Waals surface area contributed by atoms with E-state index >= 15 is 0 Å². The van der Waals surface area contributed by atoms with Gasteiger partial charge in [0.25, 0.3) is 0 Å². The van der Waals surface area contributed by atoms with E-state index in [1.807, 2.05) is 36.4 Å². The van der Waals surface area contributed by atoms with Crippen LogP contribution in [0.25, 0.3) is 0 Å². The molecular formula is C14H11NOS2. The second-order valence-corrected chi connectivity index (χ2v) is 5.41. The van der Waals surface area contributed by atoms with Gasteiger partial charge < -0.3 is 10.1 Å². The van der Waals surface area contributed by atoms with Crippen LogP contribution in [0.3, 0.4) is 0 Å². The predicted molar refractivity (Wildman–Crippen MR) is 78.9 cm³/mol. The quantitative estimate of drug-likeness (QED) is 0.794. The molecule has 0 saturated heterocycles. The van der Waals surface area contributed by atoms with Crippen molar-refractivity contribution in [1.82, 2.24) is 0 Å². The molecule has 1 heterocycles. The molecule has 3 rings (SSSR count). The van der Waals surface area contributed by atoms with Crippen LogP contribution in [0.2, 0.25) is 0 Å². The summed E-state index contributed by atoms with van der Waals surface area (Å²) in [6, 6.07) is 14.1. The molecule has 0 fully saturated rings. The summed E-state index contributed by atoms with van der Waals surface area (Å²) in [5.74, 6) is 0.855. The van der Waals surface area contributed by atoms with Crippen LogP contribution in [0.15, 0.2) is 52.3 Å². The Labute approximate surface area is 115 Å². The van der Waals surface area contributed by atoms with Gasteiger partial charge >= 0.3 is 0 Å². The molecule has 4 heteroatoms. The zero-order valence-corrected chi connectivity index (χ0v) is 11.4. The molecule has 0 saturated carbocycles. The van der Waals surface area contributed by atoms with E-state index in [1.54, 1.807) is 18.9 Å². The van der Waals surface area contributed by atoms with Crippen molar-refractivity contribution >= 4 is 34.7 Å². The average Bonchev–Trinajstić information content (AvgIpc) is 2.54. The minimum Gasteiger partial charge on any atom is -0.497 e. The minimum absolute atomic E-state index is 0.766. The molecule has 0 aromatic heterocycles. The standard InChI is InChI=1S/C14H11NOS2/c1-16-9-6-7-11-13(8-9)18-12-5-3-2-4-10(12)14(17)15-11/h2-8H,1H3,(H,15,17). The van der Waals surface area contributed by atoms with Gasteiger partial charge in [-0.1, -0.05) is 42.2 Å². The van der Waals surface area contributed by atoms with Crippen LogP contribution in [0, 0.1) is 0 Å². The fourth-order valence-corrected chi connectivity index (χ4v) is 3.29. The number of fused-ring (bicyclic) bond motifs is 2. The third-order valence-electron chi connectivity index (χ3n) is 2.79. The van der Waals surface area contributed by atoms with Gasteiger partial charge in [0.15, 0.2) is 0 Å². The number of ether oxygens (including phenoxy) is 1. The average molecular weight is 273 g/mol. The van der Waals surface area contributed by atoms with Crippen molar-refractivity contribution in [2.24, 2.45) is 0 Å². The SMILES string of the molecule is COc1ccc2c(c1)Sc1ccccc1C(=S)N2. The lowest BCUT2D eigenvalue weighted by Crippen LogP contribution is -2.09. The summed E-state index contributed by atoms with van der Waals surface area (Å²) in [6.45, 7) is 0. The topological polar surface area (TPSA) is 21.3 Å². The lowest BCUT2D eigenvalue weighted by Gasteiger charge is -2.08. The maximum Gasteiger partial charge on any atom is 0.120 e. The summed E-state index contributed by atoms with van der Waals surface area (Å²) < 4.78 is 5.26. The fourth-order valence-electron chi connectivity index (χ4n) is 1.87. The Morgan fingerprint density at radius 2 is 1.94 bits per heavy atom. The number of anilines is 1. The number of hydrogen-bond acceptors (Lipinski definition) is 3. The summed E-state index contributed by atoms with van der Waals surface area (Å²) in [4.78, 5) is 3.06. The smallest absolute Gasteiger partial charge is 0.120 e. The molecule has 0 aliphatic carbocycles. The summed E-state index contributed by atoms with van der Waals surface area (Å²) in [5, 5.41) is 3.28. The fraction of sp³-hybridized carbons (Fsp3) is 0.0714. The molecule has 0 radical (unpaired) electrons. The van der Waals surface area contributed by atoms with Crippen molar-refractivity contribution in [3.05, 3.63) is 48.0 Å². The van der Waals surface area contributed by atoms with E-state index in [-0.39, 0.29) is 0 Å². The molecule has 0 spiro atoms. The number of benzene rings is 2. The van der Waals surface area contributed by atoms with Crippen LogP contribution in [-0.2, 0) is 0 Å². The highest BCUT2D eigenvalue weighted by atomic mass is 32.2.